The molecule has 0 amide bonds. The quantitative estimate of drug-likeness (QED) is 0.793. The summed E-state index contributed by atoms with van der Waals surface area (Å²) >= 11 is 0. The molecule has 2 rings (SSSR count). The summed E-state index contributed by atoms with van der Waals surface area (Å²) in [7, 11) is 0. The molecule has 0 saturated carbocycles. The Labute approximate surface area is 115 Å². The van der Waals surface area contributed by atoms with Gasteiger partial charge >= 0.3 is 5.97 Å². The van der Waals surface area contributed by atoms with Crippen molar-refractivity contribution in [1.82, 2.24) is 5.32 Å². The molecule has 0 heterocycles. The Bertz CT molecular complexity index is 442. The summed E-state index contributed by atoms with van der Waals surface area (Å²) in [5, 5.41) is 12.3. The third-order valence-electron chi connectivity index (χ3n) is 3.75. The monoisotopic (exact) mass is 261 g/mol. The number of aryl methyl sites for hydroxylation is 2. The average Bonchev–Trinajstić information content (AvgIpc) is 2.82. The highest BCUT2D eigenvalue weighted by Gasteiger charge is 2.15. The fraction of sp³-hybridized carbons (Fsp3) is 0.562. The van der Waals surface area contributed by atoms with Crippen molar-refractivity contribution in [2.75, 3.05) is 6.54 Å². The number of fused-ring (bicyclic) bond motifs is 1. The molecule has 0 aliphatic heterocycles. The first-order chi connectivity index (χ1) is 9.19. The highest BCUT2D eigenvalue weighted by molar-refractivity contribution is 5.67. The van der Waals surface area contributed by atoms with Gasteiger partial charge < -0.3 is 10.4 Å². The molecule has 2 N–H and O–H groups in total. The minimum Gasteiger partial charge on any atom is -0.481 e. The molecule has 0 fully saturated rings. The normalized spacial score (nSPS) is 15.2. The lowest BCUT2D eigenvalue weighted by Crippen LogP contribution is -2.34. The molecular formula is C16H23NO2. The second-order valence-electron chi connectivity index (χ2n) is 5.41. The molecule has 0 bridgehead atoms. The van der Waals surface area contributed by atoms with Crippen molar-refractivity contribution in [2.45, 2.75) is 51.5 Å². The number of nitrogens with one attached hydrogen (secondary N) is 1. The Kier molecular flexibility index (Phi) is 4.97. The second-order valence-corrected chi connectivity index (χ2v) is 5.41. The molecule has 1 atom stereocenters. The smallest absolute Gasteiger partial charge is 0.304 e. The van der Waals surface area contributed by atoms with E-state index in [0.717, 1.165) is 19.4 Å². The van der Waals surface area contributed by atoms with Gasteiger partial charge in [0.2, 0.25) is 0 Å². The van der Waals surface area contributed by atoms with Gasteiger partial charge in [-0.05, 0) is 55.3 Å². The van der Waals surface area contributed by atoms with Crippen LogP contribution < -0.4 is 5.32 Å². The highest BCUT2D eigenvalue weighted by atomic mass is 16.4. The molecule has 0 saturated heterocycles. The molecule has 0 spiro atoms. The standard InChI is InChI=1S/C16H23NO2/c1-2-8-17-15(11-16(18)19)10-12-6-7-13-4-3-5-14(13)9-12/h6-7,9,15,17H,2-5,8,10-11H2,1H3,(H,18,19). The number of aliphatic carboxylic acids is 1. The summed E-state index contributed by atoms with van der Waals surface area (Å²) in [6, 6.07) is 6.68. The van der Waals surface area contributed by atoms with Gasteiger partial charge in [0.1, 0.15) is 0 Å². The number of rotatable bonds is 7. The highest BCUT2D eigenvalue weighted by Crippen LogP contribution is 2.23. The van der Waals surface area contributed by atoms with Crippen LogP contribution in [0.15, 0.2) is 18.2 Å². The molecule has 104 valence electrons. The third kappa shape index (κ3) is 4.06. The average molecular weight is 261 g/mol. The predicted octanol–water partition coefficient (Wildman–Crippen LogP) is 2.56. The van der Waals surface area contributed by atoms with Crippen LogP contribution in [-0.4, -0.2) is 23.7 Å². The zero-order chi connectivity index (χ0) is 13.7. The van der Waals surface area contributed by atoms with Gasteiger partial charge in [-0.15, -0.1) is 0 Å². The van der Waals surface area contributed by atoms with Gasteiger partial charge in [-0.25, -0.2) is 0 Å². The van der Waals surface area contributed by atoms with Crippen LogP contribution in [0.3, 0.4) is 0 Å². The van der Waals surface area contributed by atoms with E-state index >= 15 is 0 Å². The van der Waals surface area contributed by atoms with Gasteiger partial charge in [-0.3, -0.25) is 4.79 Å². The first-order valence-electron chi connectivity index (χ1n) is 7.25. The molecule has 3 heteroatoms. The molecule has 0 aromatic heterocycles. The van der Waals surface area contributed by atoms with Gasteiger partial charge in [0.25, 0.3) is 0 Å². The predicted molar refractivity (Wildman–Crippen MR) is 76.5 cm³/mol. The zero-order valence-electron chi connectivity index (χ0n) is 11.6. The molecule has 0 radical (unpaired) electrons. The number of benzene rings is 1. The Balaban J connectivity index is 2.01. The van der Waals surface area contributed by atoms with Gasteiger partial charge in [0, 0.05) is 6.04 Å². The van der Waals surface area contributed by atoms with E-state index in [4.69, 9.17) is 5.11 Å². The van der Waals surface area contributed by atoms with Crippen molar-refractivity contribution in [2.24, 2.45) is 0 Å². The van der Waals surface area contributed by atoms with Crippen molar-refractivity contribution in [3.8, 4) is 0 Å². The SMILES string of the molecule is CCCNC(CC(=O)O)Cc1ccc2c(c1)CCC2. The minimum atomic E-state index is -0.727. The van der Waals surface area contributed by atoms with Gasteiger partial charge in [0.05, 0.1) is 6.42 Å². The minimum absolute atomic E-state index is 0.0388. The number of carboxylic acids is 1. The summed E-state index contributed by atoms with van der Waals surface area (Å²) in [6.45, 7) is 2.98. The van der Waals surface area contributed by atoms with E-state index in [1.165, 1.54) is 36.0 Å². The molecule has 1 aliphatic rings. The third-order valence-corrected chi connectivity index (χ3v) is 3.75. The summed E-state index contributed by atoms with van der Waals surface area (Å²) < 4.78 is 0. The van der Waals surface area contributed by atoms with Crippen LogP contribution in [0.2, 0.25) is 0 Å². The molecule has 3 nitrogen and oxygen atoms in total. The summed E-state index contributed by atoms with van der Waals surface area (Å²) in [5.74, 6) is -0.727. The Morgan fingerprint density at radius 2 is 2.16 bits per heavy atom. The maximum absolute atomic E-state index is 10.9. The van der Waals surface area contributed by atoms with E-state index in [1.807, 2.05) is 0 Å². The number of hydrogen-bond acceptors (Lipinski definition) is 2. The van der Waals surface area contributed by atoms with Gasteiger partial charge in [-0.1, -0.05) is 25.1 Å². The van der Waals surface area contributed by atoms with Crippen LogP contribution >= 0.6 is 0 Å². The molecule has 1 aliphatic carbocycles. The van der Waals surface area contributed by atoms with Crippen molar-refractivity contribution in [3.05, 3.63) is 34.9 Å². The first kappa shape index (κ1) is 14.1. The van der Waals surface area contributed by atoms with Crippen LogP contribution in [-0.2, 0) is 24.1 Å². The number of carbonyl (C=O) groups is 1. The van der Waals surface area contributed by atoms with Crippen molar-refractivity contribution in [1.29, 1.82) is 0 Å². The van der Waals surface area contributed by atoms with Crippen LogP contribution in [0.25, 0.3) is 0 Å². The topological polar surface area (TPSA) is 49.3 Å². The van der Waals surface area contributed by atoms with Crippen molar-refractivity contribution >= 4 is 5.97 Å². The van der Waals surface area contributed by atoms with E-state index in [9.17, 15) is 4.79 Å². The maximum Gasteiger partial charge on any atom is 0.304 e. The van der Waals surface area contributed by atoms with Gasteiger partial charge in [-0.2, -0.15) is 0 Å². The van der Waals surface area contributed by atoms with Crippen LogP contribution in [0.5, 0.6) is 0 Å². The molecule has 1 aromatic rings. The Morgan fingerprint density at radius 1 is 1.37 bits per heavy atom. The first-order valence-corrected chi connectivity index (χ1v) is 7.25. The lowest BCUT2D eigenvalue weighted by atomic mass is 9.99. The largest absolute Gasteiger partial charge is 0.481 e. The summed E-state index contributed by atoms with van der Waals surface area (Å²) in [5.41, 5.74) is 4.19. The maximum atomic E-state index is 10.9. The van der Waals surface area contributed by atoms with E-state index in [0.29, 0.717) is 0 Å². The molecule has 1 unspecified atom stereocenters. The second kappa shape index (κ2) is 6.71. The lowest BCUT2D eigenvalue weighted by molar-refractivity contribution is -0.137. The number of hydrogen-bond donors (Lipinski definition) is 2. The molecule has 19 heavy (non-hydrogen) atoms. The Morgan fingerprint density at radius 3 is 2.89 bits per heavy atom. The Hall–Kier alpha value is -1.35. The molecule has 1 aromatic carbocycles. The van der Waals surface area contributed by atoms with E-state index in [2.05, 4.69) is 30.4 Å². The van der Waals surface area contributed by atoms with E-state index in [1.54, 1.807) is 0 Å². The summed E-state index contributed by atoms with van der Waals surface area (Å²) in [6.07, 6.45) is 5.65. The lowest BCUT2D eigenvalue weighted by Gasteiger charge is -2.17. The van der Waals surface area contributed by atoms with Crippen LogP contribution in [0, 0.1) is 0 Å². The zero-order valence-corrected chi connectivity index (χ0v) is 11.6. The van der Waals surface area contributed by atoms with E-state index < -0.39 is 5.97 Å². The van der Waals surface area contributed by atoms with E-state index in [-0.39, 0.29) is 12.5 Å². The fourth-order valence-electron chi connectivity index (χ4n) is 2.81. The van der Waals surface area contributed by atoms with Gasteiger partial charge in [0.15, 0.2) is 0 Å². The van der Waals surface area contributed by atoms with Crippen molar-refractivity contribution in [3.63, 3.8) is 0 Å². The van der Waals surface area contributed by atoms with Crippen LogP contribution in [0.4, 0.5) is 0 Å². The van der Waals surface area contributed by atoms with Crippen molar-refractivity contribution < 1.29 is 9.90 Å². The number of carboxylic acid groups (broad SMARTS) is 1. The molecular weight excluding hydrogens is 238 g/mol. The fourth-order valence-corrected chi connectivity index (χ4v) is 2.81. The summed E-state index contributed by atoms with van der Waals surface area (Å²) in [4.78, 5) is 10.9. The van der Waals surface area contributed by atoms with Crippen LogP contribution in [0.1, 0.15) is 42.9 Å².